The molecule has 2 aromatic carbocycles. The van der Waals surface area contributed by atoms with Gasteiger partial charge in [0.2, 0.25) is 0 Å². The topological polar surface area (TPSA) is 77.7 Å². The Morgan fingerprint density at radius 2 is 1.96 bits per heavy atom. The molecule has 0 radical (unpaired) electrons. The van der Waals surface area contributed by atoms with Crippen molar-refractivity contribution in [1.29, 1.82) is 0 Å². The van der Waals surface area contributed by atoms with E-state index in [4.69, 9.17) is 9.47 Å². The van der Waals surface area contributed by atoms with Crippen LogP contribution in [0.25, 0.3) is 10.9 Å². The highest BCUT2D eigenvalue weighted by Gasteiger charge is 2.28. The second-order valence-corrected chi connectivity index (χ2v) is 7.38. The fraction of sp³-hybridized carbons (Fsp3) is 0.250. The number of fused-ring (bicyclic) bond motifs is 2. The number of rotatable bonds is 4. The number of halogens is 1. The molecule has 0 bridgehead atoms. The molecule has 0 amide bonds. The van der Waals surface area contributed by atoms with Gasteiger partial charge in [0.15, 0.2) is 11.5 Å². The van der Waals surface area contributed by atoms with E-state index in [9.17, 15) is 10.1 Å². The molecule has 0 N–H and O–H groups in total. The molecule has 0 saturated carbocycles. The average Bonchev–Trinajstić information content (AvgIpc) is 2.71. The lowest BCUT2D eigenvalue weighted by Crippen LogP contribution is -2.31. The first-order chi connectivity index (χ1) is 13.5. The molecule has 2 heterocycles. The van der Waals surface area contributed by atoms with Gasteiger partial charge in [-0.05, 0) is 29.7 Å². The molecule has 0 aliphatic carbocycles. The fourth-order valence-electron chi connectivity index (χ4n) is 3.69. The lowest BCUT2D eigenvalue weighted by atomic mass is 9.98. The average molecular weight is 444 g/mol. The predicted molar refractivity (Wildman–Crippen MR) is 110 cm³/mol. The van der Waals surface area contributed by atoms with Crippen LogP contribution in [-0.2, 0) is 13.0 Å². The van der Waals surface area contributed by atoms with Gasteiger partial charge < -0.3 is 14.4 Å². The Kier molecular flexibility index (Phi) is 4.80. The zero-order chi connectivity index (χ0) is 19.8. The molecule has 0 atom stereocenters. The first-order valence-electron chi connectivity index (χ1n) is 8.73. The molecule has 0 saturated heterocycles. The summed E-state index contributed by atoms with van der Waals surface area (Å²) in [5.74, 6) is 1.05. The van der Waals surface area contributed by atoms with Crippen LogP contribution in [0.5, 0.6) is 11.5 Å². The van der Waals surface area contributed by atoms with Gasteiger partial charge >= 0.3 is 5.69 Å². The molecule has 1 aliphatic rings. The van der Waals surface area contributed by atoms with Crippen LogP contribution < -0.4 is 14.4 Å². The van der Waals surface area contributed by atoms with Crippen molar-refractivity contribution in [2.75, 3.05) is 25.7 Å². The van der Waals surface area contributed by atoms with Gasteiger partial charge in [-0.3, -0.25) is 10.1 Å². The second-order valence-electron chi connectivity index (χ2n) is 6.52. The van der Waals surface area contributed by atoms with Crippen molar-refractivity contribution in [3.8, 4) is 11.5 Å². The molecule has 7 nitrogen and oxygen atoms in total. The minimum absolute atomic E-state index is 0.0183. The lowest BCUT2D eigenvalue weighted by molar-refractivity contribution is -0.384. The Hall–Kier alpha value is -2.87. The van der Waals surface area contributed by atoms with Crippen LogP contribution >= 0.6 is 15.9 Å². The van der Waals surface area contributed by atoms with E-state index in [0.717, 1.165) is 16.5 Å². The number of nitro groups is 1. The monoisotopic (exact) mass is 443 g/mol. The van der Waals surface area contributed by atoms with E-state index in [1.54, 1.807) is 26.4 Å². The van der Waals surface area contributed by atoms with Crippen molar-refractivity contribution in [1.82, 2.24) is 4.98 Å². The molecular weight excluding hydrogens is 426 g/mol. The van der Waals surface area contributed by atoms with Crippen molar-refractivity contribution in [2.45, 2.75) is 13.0 Å². The Balaban J connectivity index is 1.93. The standard InChI is InChI=1S/C20H18BrN3O4/c1-27-18-8-13-16(9-19(18)28-2)22-10-17(24(25)26)20(13)23-7-6-12-4-3-5-15(21)14(12)11-23/h3-5,8-10H,6-7,11H2,1-2H3. The Labute approximate surface area is 170 Å². The molecule has 0 spiro atoms. The molecule has 4 rings (SSSR count). The van der Waals surface area contributed by atoms with Crippen LogP contribution in [0.4, 0.5) is 11.4 Å². The summed E-state index contributed by atoms with van der Waals surface area (Å²) in [7, 11) is 3.09. The van der Waals surface area contributed by atoms with Crippen LogP contribution in [0.15, 0.2) is 41.0 Å². The number of hydrogen-bond donors (Lipinski definition) is 0. The van der Waals surface area contributed by atoms with E-state index in [1.807, 2.05) is 17.0 Å². The summed E-state index contributed by atoms with van der Waals surface area (Å²) in [6.45, 7) is 1.25. The SMILES string of the molecule is COc1cc2ncc([N+](=O)[O-])c(N3CCc4cccc(Br)c4C3)c2cc1OC. The van der Waals surface area contributed by atoms with Crippen molar-refractivity contribution in [3.63, 3.8) is 0 Å². The van der Waals surface area contributed by atoms with E-state index in [-0.39, 0.29) is 10.6 Å². The van der Waals surface area contributed by atoms with E-state index < -0.39 is 0 Å². The summed E-state index contributed by atoms with van der Waals surface area (Å²) < 4.78 is 11.8. The van der Waals surface area contributed by atoms with Gasteiger partial charge in [0.1, 0.15) is 11.9 Å². The molecular formula is C20H18BrN3O4. The van der Waals surface area contributed by atoms with Gasteiger partial charge in [0, 0.05) is 29.0 Å². The molecule has 8 heteroatoms. The van der Waals surface area contributed by atoms with Crippen molar-refractivity contribution < 1.29 is 14.4 Å². The quantitative estimate of drug-likeness (QED) is 0.436. The minimum atomic E-state index is -0.381. The van der Waals surface area contributed by atoms with Crippen LogP contribution in [0.3, 0.4) is 0 Å². The summed E-state index contributed by atoms with van der Waals surface area (Å²) in [5.41, 5.74) is 3.56. The number of nitrogens with zero attached hydrogens (tertiary/aromatic N) is 3. The van der Waals surface area contributed by atoms with Crippen LogP contribution in [0.1, 0.15) is 11.1 Å². The summed E-state index contributed by atoms with van der Waals surface area (Å²) in [6, 6.07) is 9.62. The number of anilines is 1. The van der Waals surface area contributed by atoms with Crippen molar-refractivity contribution >= 4 is 38.2 Å². The molecule has 0 unspecified atom stereocenters. The summed E-state index contributed by atoms with van der Waals surface area (Å²) in [5, 5.41) is 12.4. The van der Waals surface area contributed by atoms with Crippen molar-refractivity contribution in [2.24, 2.45) is 0 Å². The summed E-state index contributed by atoms with van der Waals surface area (Å²) in [6.07, 6.45) is 2.13. The highest BCUT2D eigenvalue weighted by atomic mass is 79.9. The van der Waals surface area contributed by atoms with Crippen molar-refractivity contribution in [3.05, 3.63) is 62.2 Å². The van der Waals surface area contributed by atoms with Crippen LogP contribution in [0.2, 0.25) is 0 Å². The zero-order valence-corrected chi connectivity index (χ0v) is 17.0. The summed E-state index contributed by atoms with van der Waals surface area (Å²) >= 11 is 3.61. The largest absolute Gasteiger partial charge is 0.493 e. The Morgan fingerprint density at radius 1 is 1.21 bits per heavy atom. The molecule has 0 fully saturated rings. The summed E-state index contributed by atoms with van der Waals surface area (Å²) in [4.78, 5) is 17.7. The maximum atomic E-state index is 11.8. The third-order valence-corrected chi connectivity index (χ3v) is 5.80. The molecule has 144 valence electrons. The number of benzene rings is 2. The van der Waals surface area contributed by atoms with Crippen LogP contribution in [0, 0.1) is 10.1 Å². The Bertz CT molecular complexity index is 1090. The van der Waals surface area contributed by atoms with Gasteiger partial charge in [-0.25, -0.2) is 4.98 Å². The Morgan fingerprint density at radius 3 is 2.68 bits per heavy atom. The lowest BCUT2D eigenvalue weighted by Gasteiger charge is -2.31. The number of methoxy groups -OCH3 is 2. The van der Waals surface area contributed by atoms with E-state index in [1.165, 1.54) is 11.8 Å². The van der Waals surface area contributed by atoms with Crippen LogP contribution in [-0.4, -0.2) is 30.7 Å². The number of aromatic nitrogens is 1. The molecule has 28 heavy (non-hydrogen) atoms. The van der Waals surface area contributed by atoms with E-state index in [2.05, 4.69) is 27.0 Å². The highest BCUT2D eigenvalue weighted by Crippen LogP contribution is 2.42. The first kappa shape index (κ1) is 18.5. The van der Waals surface area contributed by atoms with Gasteiger partial charge in [-0.15, -0.1) is 0 Å². The maximum Gasteiger partial charge on any atom is 0.311 e. The number of hydrogen-bond acceptors (Lipinski definition) is 6. The maximum absolute atomic E-state index is 11.8. The smallest absolute Gasteiger partial charge is 0.311 e. The third kappa shape index (κ3) is 3.03. The number of ether oxygens (including phenoxy) is 2. The van der Waals surface area contributed by atoms with Gasteiger partial charge in [-0.2, -0.15) is 0 Å². The minimum Gasteiger partial charge on any atom is -0.493 e. The van der Waals surface area contributed by atoms with Gasteiger partial charge in [-0.1, -0.05) is 28.1 Å². The second kappa shape index (κ2) is 7.27. The highest BCUT2D eigenvalue weighted by molar-refractivity contribution is 9.10. The van der Waals surface area contributed by atoms with E-state index >= 15 is 0 Å². The first-order valence-corrected chi connectivity index (χ1v) is 9.53. The molecule has 1 aromatic heterocycles. The predicted octanol–water partition coefficient (Wildman–Crippen LogP) is 4.49. The zero-order valence-electron chi connectivity index (χ0n) is 15.4. The fourth-order valence-corrected chi connectivity index (χ4v) is 4.22. The molecule has 1 aliphatic heterocycles. The van der Waals surface area contributed by atoms with Gasteiger partial charge in [0.05, 0.1) is 24.7 Å². The molecule has 3 aromatic rings. The van der Waals surface area contributed by atoms with Gasteiger partial charge in [0.25, 0.3) is 0 Å². The normalized spacial score (nSPS) is 13.3. The number of pyridine rings is 1. The third-order valence-electron chi connectivity index (χ3n) is 5.05. The van der Waals surface area contributed by atoms with E-state index in [0.29, 0.717) is 41.2 Å².